The number of aldehydes is 1. The topological polar surface area (TPSA) is 73.1 Å². The van der Waals surface area contributed by atoms with Gasteiger partial charge in [-0.25, -0.2) is 0 Å². The molecule has 0 saturated heterocycles. The van der Waals surface area contributed by atoms with Crippen molar-refractivity contribution in [1.82, 2.24) is 20.2 Å². The summed E-state index contributed by atoms with van der Waals surface area (Å²) in [6.45, 7) is -0.968. The molecule has 1 aliphatic carbocycles. The maximum absolute atomic E-state index is 13.6. The predicted molar refractivity (Wildman–Crippen MR) is 133 cm³/mol. The largest absolute Gasteiger partial charge is 0.500 e. The van der Waals surface area contributed by atoms with Crippen molar-refractivity contribution in [2.45, 2.75) is 36.9 Å². The molecule has 0 bridgehead atoms. The highest BCUT2D eigenvalue weighted by Crippen LogP contribution is 2.44. The van der Waals surface area contributed by atoms with E-state index < -0.39 is 52.7 Å². The average molecular weight is 619 g/mol. The first-order chi connectivity index (χ1) is 20.0. The number of hydrogen-bond acceptors (Lipinski definition) is 6. The summed E-state index contributed by atoms with van der Waals surface area (Å²) in [5.74, 6) is -0.0517. The highest BCUT2D eigenvalue weighted by molar-refractivity contribution is 5.75. The smallest absolute Gasteiger partial charge is 0.416 e. The summed E-state index contributed by atoms with van der Waals surface area (Å²) in [5.41, 5.74) is -5.50. The van der Waals surface area contributed by atoms with Gasteiger partial charge < -0.3 is 9.64 Å². The molecule has 1 atom stereocenters. The summed E-state index contributed by atoms with van der Waals surface area (Å²) in [5, 5.41) is 11.6. The molecule has 0 radical (unpaired) electrons. The number of nitrogens with zero attached hydrogens (tertiary/aromatic N) is 5. The number of carbonyl (C=O) groups is 1. The van der Waals surface area contributed by atoms with Crippen LogP contribution in [0.15, 0.2) is 65.9 Å². The van der Waals surface area contributed by atoms with Gasteiger partial charge in [0.05, 0.1) is 36.3 Å². The van der Waals surface area contributed by atoms with E-state index in [1.54, 1.807) is 0 Å². The summed E-state index contributed by atoms with van der Waals surface area (Å²) >= 11 is 0. The van der Waals surface area contributed by atoms with Crippen LogP contribution in [0.25, 0.3) is 0 Å². The molecular formula is C27H22F9N5O2. The Bertz CT molecular complexity index is 1510. The van der Waals surface area contributed by atoms with Gasteiger partial charge in [0.2, 0.25) is 0 Å². The van der Waals surface area contributed by atoms with Crippen LogP contribution in [0, 0.1) is 0 Å². The summed E-state index contributed by atoms with van der Waals surface area (Å²) in [6.07, 6.45) is -11.6. The Hall–Kier alpha value is -4.37. The van der Waals surface area contributed by atoms with E-state index in [0.29, 0.717) is 18.4 Å². The fraction of sp³-hybridized carbons (Fsp3) is 0.333. The average Bonchev–Trinajstić information content (AvgIpc) is 3.37. The first-order valence-corrected chi connectivity index (χ1v) is 12.3. The molecule has 0 aliphatic heterocycles. The summed E-state index contributed by atoms with van der Waals surface area (Å²) in [7, 11) is 2.65. The van der Waals surface area contributed by atoms with Crippen LogP contribution in [0.4, 0.5) is 45.5 Å². The monoisotopic (exact) mass is 619 g/mol. The Labute approximate surface area is 238 Å². The zero-order valence-corrected chi connectivity index (χ0v) is 22.3. The van der Waals surface area contributed by atoms with Crippen molar-refractivity contribution in [3.05, 3.63) is 93.8 Å². The number of hydrogen-bond donors (Lipinski definition) is 0. The number of alkyl halides is 9. The van der Waals surface area contributed by atoms with Gasteiger partial charge >= 0.3 is 18.5 Å². The van der Waals surface area contributed by atoms with E-state index in [9.17, 15) is 44.3 Å². The summed E-state index contributed by atoms with van der Waals surface area (Å²) in [6, 6.07) is 5.05. The maximum Gasteiger partial charge on any atom is 0.416 e. The summed E-state index contributed by atoms with van der Waals surface area (Å²) in [4.78, 5) is 14.0. The molecule has 230 valence electrons. The third-order valence-electron chi connectivity index (χ3n) is 6.82. The molecule has 1 heterocycles. The SMILES string of the molecule is COC1=CC=C(C=O)CC1(CN(Cc1cc(C(F)(F)F)cc(C(F)(F)F)c1)c1nnn(C)n1)c1ccc(C(F)(F)F)cc1. The van der Waals surface area contributed by atoms with Gasteiger partial charge in [-0.15, -0.1) is 5.10 Å². The van der Waals surface area contributed by atoms with Crippen molar-refractivity contribution in [2.24, 2.45) is 7.05 Å². The number of aryl methyl sites for hydroxylation is 1. The second-order valence-corrected chi connectivity index (χ2v) is 9.78. The minimum absolute atomic E-state index is 0.00777. The van der Waals surface area contributed by atoms with Gasteiger partial charge in [0.25, 0.3) is 5.95 Å². The summed E-state index contributed by atoms with van der Waals surface area (Å²) < 4.78 is 127. The van der Waals surface area contributed by atoms with Crippen LogP contribution < -0.4 is 4.90 Å². The van der Waals surface area contributed by atoms with Crippen LogP contribution >= 0.6 is 0 Å². The van der Waals surface area contributed by atoms with Crippen molar-refractivity contribution in [2.75, 3.05) is 18.6 Å². The molecule has 2 aromatic carbocycles. The molecule has 1 aliphatic rings. The number of carbonyl (C=O) groups excluding carboxylic acids is 1. The van der Waals surface area contributed by atoms with Gasteiger partial charge in [0.1, 0.15) is 12.0 Å². The van der Waals surface area contributed by atoms with E-state index in [0.717, 1.165) is 29.1 Å². The number of allylic oxidation sites excluding steroid dienone is 3. The van der Waals surface area contributed by atoms with E-state index in [2.05, 4.69) is 15.4 Å². The molecule has 0 fully saturated rings. The van der Waals surface area contributed by atoms with Crippen molar-refractivity contribution >= 4 is 12.2 Å². The number of halogens is 9. The Morgan fingerprint density at radius 3 is 1.95 bits per heavy atom. The molecule has 0 amide bonds. The van der Waals surface area contributed by atoms with Gasteiger partial charge in [-0.1, -0.05) is 23.3 Å². The van der Waals surface area contributed by atoms with Crippen LogP contribution in [-0.4, -0.2) is 40.1 Å². The number of rotatable bonds is 8. The number of anilines is 1. The van der Waals surface area contributed by atoms with Gasteiger partial charge in [0, 0.05) is 13.1 Å². The fourth-order valence-corrected chi connectivity index (χ4v) is 4.88. The number of methoxy groups -OCH3 is 1. The Balaban J connectivity index is 1.88. The first kappa shape index (κ1) is 31.6. The number of benzene rings is 2. The molecule has 4 rings (SSSR count). The molecule has 43 heavy (non-hydrogen) atoms. The minimum Gasteiger partial charge on any atom is -0.500 e. The van der Waals surface area contributed by atoms with Crippen molar-refractivity contribution < 1.29 is 49.0 Å². The van der Waals surface area contributed by atoms with Crippen LogP contribution in [0.3, 0.4) is 0 Å². The number of ether oxygens (including phenoxy) is 1. The van der Waals surface area contributed by atoms with E-state index in [1.165, 1.54) is 31.2 Å². The molecule has 0 N–H and O–H groups in total. The first-order valence-electron chi connectivity index (χ1n) is 12.3. The molecule has 0 saturated carbocycles. The minimum atomic E-state index is -5.11. The van der Waals surface area contributed by atoms with Crippen LogP contribution in [-0.2, 0) is 47.1 Å². The fourth-order valence-electron chi connectivity index (χ4n) is 4.88. The quantitative estimate of drug-likeness (QED) is 0.219. The molecule has 16 heteroatoms. The normalized spacial score (nSPS) is 17.7. The lowest BCUT2D eigenvalue weighted by Crippen LogP contribution is -2.45. The lowest BCUT2D eigenvalue weighted by molar-refractivity contribution is -0.143. The van der Waals surface area contributed by atoms with E-state index >= 15 is 0 Å². The standard InChI is InChI=1S/C27H22F9N5O2/c1-40-38-23(37-39-40)41(13-17-9-20(26(31,32)33)11-21(10-17)27(34,35)36)15-24(12-16(14-42)3-8-22(24)43-2)18-4-6-19(7-5-18)25(28,29)30/h3-11,14H,12-13,15H2,1-2H3. The maximum atomic E-state index is 13.6. The lowest BCUT2D eigenvalue weighted by atomic mass is 9.71. The Morgan fingerprint density at radius 1 is 0.907 bits per heavy atom. The van der Waals surface area contributed by atoms with Crippen molar-refractivity contribution in [3.63, 3.8) is 0 Å². The zero-order chi connectivity index (χ0) is 31.8. The highest BCUT2D eigenvalue weighted by Gasteiger charge is 2.44. The third-order valence-corrected chi connectivity index (χ3v) is 6.82. The van der Waals surface area contributed by atoms with E-state index in [-0.39, 0.29) is 41.9 Å². The van der Waals surface area contributed by atoms with Gasteiger partial charge in [-0.2, -0.15) is 44.3 Å². The van der Waals surface area contributed by atoms with Gasteiger partial charge in [0.15, 0.2) is 0 Å². The molecule has 0 spiro atoms. The number of tetrazole rings is 1. The van der Waals surface area contributed by atoms with Crippen molar-refractivity contribution in [1.29, 1.82) is 0 Å². The number of aromatic nitrogens is 4. The third kappa shape index (κ3) is 6.83. The molecule has 3 aromatic rings. The van der Waals surface area contributed by atoms with Crippen LogP contribution in [0.5, 0.6) is 0 Å². The Kier molecular flexibility index (Phi) is 8.35. The molecular weight excluding hydrogens is 597 g/mol. The Morgan fingerprint density at radius 2 is 1.49 bits per heavy atom. The second kappa shape index (κ2) is 11.4. The highest BCUT2D eigenvalue weighted by atomic mass is 19.4. The van der Waals surface area contributed by atoms with Crippen LogP contribution in [0.1, 0.15) is 34.2 Å². The molecule has 1 unspecified atom stereocenters. The lowest BCUT2D eigenvalue weighted by Gasteiger charge is -2.41. The van der Waals surface area contributed by atoms with E-state index in [1.807, 2.05) is 0 Å². The van der Waals surface area contributed by atoms with Gasteiger partial charge in [-0.05, 0) is 64.7 Å². The van der Waals surface area contributed by atoms with Gasteiger partial charge in [-0.3, -0.25) is 4.79 Å². The second-order valence-electron chi connectivity index (χ2n) is 9.78. The predicted octanol–water partition coefficient (Wildman–Crippen LogP) is 6.27. The zero-order valence-electron chi connectivity index (χ0n) is 22.3. The van der Waals surface area contributed by atoms with E-state index in [4.69, 9.17) is 4.74 Å². The molecule has 7 nitrogen and oxygen atoms in total. The molecule has 1 aromatic heterocycles. The van der Waals surface area contributed by atoms with Crippen LogP contribution in [0.2, 0.25) is 0 Å². The van der Waals surface area contributed by atoms with Crippen molar-refractivity contribution in [3.8, 4) is 0 Å².